The molecule has 1 atom stereocenters. The van der Waals surface area contributed by atoms with Crippen molar-refractivity contribution in [3.8, 4) is 0 Å². The van der Waals surface area contributed by atoms with Gasteiger partial charge < -0.3 is 4.74 Å². The first kappa shape index (κ1) is 9.22. The second-order valence-electron chi connectivity index (χ2n) is 2.58. The summed E-state index contributed by atoms with van der Waals surface area (Å²) in [6.07, 6.45) is 2.25. The third kappa shape index (κ3) is 2.64. The largest absolute Gasteiger partial charge is 0.372 e. The first-order valence-corrected chi connectivity index (χ1v) is 4.03. The molecule has 0 aliphatic carbocycles. The fourth-order valence-corrected chi connectivity index (χ4v) is 0.902. The molecule has 0 aromatic carbocycles. The van der Waals surface area contributed by atoms with E-state index in [9.17, 15) is 5.11 Å². The summed E-state index contributed by atoms with van der Waals surface area (Å²) in [6, 6.07) is 1.86. The van der Waals surface area contributed by atoms with Crippen molar-refractivity contribution in [3.05, 3.63) is 18.0 Å². The van der Waals surface area contributed by atoms with Crippen LogP contribution in [0.1, 0.15) is 25.1 Å². The Morgan fingerprint density at radius 1 is 1.75 bits per heavy atom. The zero-order valence-corrected chi connectivity index (χ0v) is 7.12. The van der Waals surface area contributed by atoms with Gasteiger partial charge in [0.05, 0.1) is 18.4 Å². The van der Waals surface area contributed by atoms with E-state index in [0.717, 1.165) is 5.69 Å². The Labute approximate surface area is 71.6 Å². The van der Waals surface area contributed by atoms with E-state index in [4.69, 9.17) is 4.74 Å². The van der Waals surface area contributed by atoms with Gasteiger partial charge in [0, 0.05) is 12.8 Å². The minimum Gasteiger partial charge on any atom is -0.372 e. The lowest BCUT2D eigenvalue weighted by Gasteiger charge is -2.09. The summed E-state index contributed by atoms with van der Waals surface area (Å²) in [6.45, 7) is 2.37. The normalized spacial score (nSPS) is 13.2. The smallest absolute Gasteiger partial charge is 0.0960 e. The molecule has 1 unspecified atom stereocenters. The molecule has 67 valence electrons. The number of aromatic amines is 1. The van der Waals surface area contributed by atoms with Crippen LogP contribution < -0.4 is 0 Å². The predicted molar refractivity (Wildman–Crippen MR) is 43.1 cm³/mol. The number of nitrogens with zero attached hydrogens (tertiary/aromatic N) is 1. The van der Waals surface area contributed by atoms with Gasteiger partial charge in [-0.25, -0.2) is 5.11 Å². The Kier molecular flexibility index (Phi) is 3.76. The van der Waals surface area contributed by atoms with Gasteiger partial charge in [0.1, 0.15) is 0 Å². The minimum absolute atomic E-state index is 0.000880. The zero-order valence-electron chi connectivity index (χ0n) is 7.12. The molecular formula is C8H13N2O2. The average molecular weight is 169 g/mol. The predicted octanol–water partition coefficient (Wildman–Crippen LogP) is 1.31. The maximum absolute atomic E-state index is 10.1. The van der Waals surface area contributed by atoms with Crippen molar-refractivity contribution < 1.29 is 9.84 Å². The molecule has 1 heterocycles. The lowest BCUT2D eigenvalue weighted by Crippen LogP contribution is -2.03. The van der Waals surface area contributed by atoms with Crippen LogP contribution in [0.4, 0.5) is 0 Å². The summed E-state index contributed by atoms with van der Waals surface area (Å²) in [5.41, 5.74) is 0.945. The Bertz CT molecular complexity index is 199. The molecule has 0 saturated heterocycles. The van der Waals surface area contributed by atoms with Crippen LogP contribution in [-0.2, 0) is 9.84 Å². The standard InChI is InChI=1S/C8H13N2O2/c1-7(12-6-2-5-11)8-3-4-9-10-8/h3-4,7H,2,5-6H2,1H3,(H,9,10). The van der Waals surface area contributed by atoms with Crippen molar-refractivity contribution in [2.45, 2.75) is 19.4 Å². The molecule has 4 heteroatoms. The first-order chi connectivity index (χ1) is 5.84. The van der Waals surface area contributed by atoms with Crippen LogP contribution in [-0.4, -0.2) is 23.4 Å². The third-order valence-corrected chi connectivity index (χ3v) is 1.62. The van der Waals surface area contributed by atoms with E-state index in [1.54, 1.807) is 6.20 Å². The molecule has 0 fully saturated rings. The molecule has 1 N–H and O–H groups in total. The van der Waals surface area contributed by atoms with Crippen molar-refractivity contribution in [1.82, 2.24) is 10.2 Å². The van der Waals surface area contributed by atoms with Gasteiger partial charge in [-0.05, 0) is 19.4 Å². The van der Waals surface area contributed by atoms with Crippen LogP contribution in [0.15, 0.2) is 12.3 Å². The summed E-state index contributed by atoms with van der Waals surface area (Å²) in [4.78, 5) is 0. The van der Waals surface area contributed by atoms with E-state index in [2.05, 4.69) is 10.2 Å². The van der Waals surface area contributed by atoms with E-state index in [1.165, 1.54) is 0 Å². The number of hydrogen-bond acceptors (Lipinski definition) is 2. The molecule has 0 bridgehead atoms. The van der Waals surface area contributed by atoms with E-state index in [1.807, 2.05) is 13.0 Å². The van der Waals surface area contributed by atoms with E-state index >= 15 is 0 Å². The summed E-state index contributed by atoms with van der Waals surface area (Å²) in [5, 5.41) is 16.7. The molecule has 1 aromatic heterocycles. The SMILES string of the molecule is CC(OCCC[O])c1ccn[nH]1. The second kappa shape index (κ2) is 4.90. The summed E-state index contributed by atoms with van der Waals surface area (Å²) in [7, 11) is 0. The second-order valence-corrected chi connectivity index (χ2v) is 2.58. The Hall–Kier alpha value is -0.870. The van der Waals surface area contributed by atoms with Crippen molar-refractivity contribution in [2.24, 2.45) is 0 Å². The number of nitrogens with one attached hydrogen (secondary N) is 1. The van der Waals surface area contributed by atoms with Crippen molar-refractivity contribution in [1.29, 1.82) is 0 Å². The zero-order chi connectivity index (χ0) is 8.81. The maximum atomic E-state index is 10.1. The highest BCUT2D eigenvalue weighted by Crippen LogP contribution is 2.12. The highest BCUT2D eigenvalue weighted by atomic mass is 16.5. The topological polar surface area (TPSA) is 57.8 Å². The lowest BCUT2D eigenvalue weighted by atomic mass is 10.3. The molecule has 0 saturated carbocycles. The quantitative estimate of drug-likeness (QED) is 0.675. The third-order valence-electron chi connectivity index (χ3n) is 1.62. The minimum atomic E-state index is -0.0737. The maximum Gasteiger partial charge on any atom is 0.0960 e. The Morgan fingerprint density at radius 3 is 3.17 bits per heavy atom. The van der Waals surface area contributed by atoms with Crippen LogP contribution in [0.5, 0.6) is 0 Å². The molecule has 1 rings (SSSR count). The number of H-pyrrole nitrogens is 1. The Morgan fingerprint density at radius 2 is 2.58 bits per heavy atom. The molecule has 0 amide bonds. The fraction of sp³-hybridized carbons (Fsp3) is 0.625. The molecule has 0 spiro atoms. The molecule has 1 aromatic rings. The van der Waals surface area contributed by atoms with Gasteiger partial charge in [-0.2, -0.15) is 5.10 Å². The molecule has 12 heavy (non-hydrogen) atoms. The van der Waals surface area contributed by atoms with Crippen molar-refractivity contribution >= 4 is 0 Å². The van der Waals surface area contributed by atoms with Gasteiger partial charge in [0.15, 0.2) is 0 Å². The number of ether oxygens (including phenoxy) is 1. The van der Waals surface area contributed by atoms with Crippen LogP contribution in [0.2, 0.25) is 0 Å². The van der Waals surface area contributed by atoms with Gasteiger partial charge in [-0.15, -0.1) is 0 Å². The monoisotopic (exact) mass is 169 g/mol. The van der Waals surface area contributed by atoms with Gasteiger partial charge in [-0.3, -0.25) is 5.10 Å². The summed E-state index contributed by atoms with van der Waals surface area (Å²) in [5.74, 6) is 0. The average Bonchev–Trinajstić information content (AvgIpc) is 2.56. The molecule has 0 aliphatic heterocycles. The van der Waals surface area contributed by atoms with E-state index in [-0.39, 0.29) is 12.7 Å². The number of aromatic nitrogens is 2. The van der Waals surface area contributed by atoms with E-state index in [0.29, 0.717) is 13.0 Å². The van der Waals surface area contributed by atoms with Gasteiger partial charge in [0.25, 0.3) is 0 Å². The lowest BCUT2D eigenvalue weighted by molar-refractivity contribution is 0.0453. The summed E-state index contributed by atoms with van der Waals surface area (Å²) >= 11 is 0. The highest BCUT2D eigenvalue weighted by Gasteiger charge is 2.05. The molecular weight excluding hydrogens is 156 g/mol. The first-order valence-electron chi connectivity index (χ1n) is 4.03. The van der Waals surface area contributed by atoms with Crippen LogP contribution in [0.25, 0.3) is 0 Å². The fourth-order valence-electron chi connectivity index (χ4n) is 0.902. The van der Waals surface area contributed by atoms with Crippen LogP contribution in [0, 0.1) is 0 Å². The van der Waals surface area contributed by atoms with Gasteiger partial charge in [-0.1, -0.05) is 0 Å². The highest BCUT2D eigenvalue weighted by molar-refractivity contribution is 5.00. The van der Waals surface area contributed by atoms with Crippen LogP contribution in [0.3, 0.4) is 0 Å². The number of rotatable bonds is 5. The Balaban J connectivity index is 2.25. The van der Waals surface area contributed by atoms with Crippen molar-refractivity contribution in [3.63, 3.8) is 0 Å². The summed E-state index contributed by atoms with van der Waals surface area (Å²) < 4.78 is 5.36. The van der Waals surface area contributed by atoms with Gasteiger partial charge in [0.2, 0.25) is 0 Å². The van der Waals surface area contributed by atoms with Crippen molar-refractivity contribution in [2.75, 3.05) is 13.2 Å². The van der Waals surface area contributed by atoms with Crippen LogP contribution >= 0.6 is 0 Å². The molecule has 0 aliphatic rings. The van der Waals surface area contributed by atoms with Gasteiger partial charge >= 0.3 is 0 Å². The molecule has 4 nitrogen and oxygen atoms in total. The molecule has 1 radical (unpaired) electrons. The number of hydrogen-bond donors (Lipinski definition) is 1. The van der Waals surface area contributed by atoms with E-state index < -0.39 is 0 Å².